The number of hydrogen-bond donors (Lipinski definition) is 1. The van der Waals surface area contributed by atoms with Gasteiger partial charge in [-0.05, 0) is 24.7 Å². The highest BCUT2D eigenvalue weighted by Gasteiger charge is 2.41. The lowest BCUT2D eigenvalue weighted by molar-refractivity contribution is 0.401. The smallest absolute Gasteiger partial charge is 0.245 e. The number of imidazole rings is 1. The van der Waals surface area contributed by atoms with Crippen LogP contribution in [0.15, 0.2) is 6.33 Å². The summed E-state index contributed by atoms with van der Waals surface area (Å²) < 4.78 is 7.17. The van der Waals surface area contributed by atoms with E-state index in [9.17, 15) is 0 Å². The third-order valence-electron chi connectivity index (χ3n) is 3.92. The van der Waals surface area contributed by atoms with Gasteiger partial charge in [-0.25, -0.2) is 9.97 Å². The van der Waals surface area contributed by atoms with Crippen molar-refractivity contribution in [3.63, 3.8) is 0 Å². The van der Waals surface area contributed by atoms with Crippen molar-refractivity contribution in [1.29, 1.82) is 0 Å². The van der Waals surface area contributed by atoms with E-state index in [1.54, 1.807) is 7.11 Å². The Labute approximate surface area is 105 Å². The van der Waals surface area contributed by atoms with Crippen molar-refractivity contribution in [1.82, 2.24) is 19.5 Å². The topological polar surface area (TPSA) is 78.9 Å². The van der Waals surface area contributed by atoms with E-state index in [1.165, 1.54) is 19.2 Å². The molecule has 0 amide bonds. The number of anilines is 1. The van der Waals surface area contributed by atoms with Gasteiger partial charge in [-0.2, -0.15) is 4.98 Å². The first-order chi connectivity index (χ1) is 8.69. The highest BCUT2D eigenvalue weighted by atomic mass is 16.5. The molecule has 2 N–H and O–H groups in total. The molecule has 0 saturated heterocycles. The Bertz CT molecular complexity index is 587. The van der Waals surface area contributed by atoms with Gasteiger partial charge in [0.1, 0.15) is 6.33 Å². The zero-order valence-corrected chi connectivity index (χ0v) is 10.7. The van der Waals surface area contributed by atoms with Crippen LogP contribution >= 0.6 is 0 Å². The quantitative estimate of drug-likeness (QED) is 0.887. The standard InChI is InChI=1S/C12H17N5O/c1-3-12(4-5-12)6-17-9-8(16-11(17)13)10(18-2)15-7-14-9/h7H,3-6H2,1-2H3,(H2,13,16). The molecule has 1 aliphatic rings. The lowest BCUT2D eigenvalue weighted by Crippen LogP contribution is -2.13. The number of hydrogen-bond acceptors (Lipinski definition) is 5. The van der Waals surface area contributed by atoms with Crippen LogP contribution in [0.5, 0.6) is 5.88 Å². The summed E-state index contributed by atoms with van der Waals surface area (Å²) in [5.74, 6) is 0.968. The maximum absolute atomic E-state index is 6.00. The Morgan fingerprint density at radius 2 is 2.22 bits per heavy atom. The van der Waals surface area contributed by atoms with Gasteiger partial charge in [0.15, 0.2) is 11.2 Å². The number of aromatic nitrogens is 4. The average molecular weight is 247 g/mol. The fourth-order valence-electron chi connectivity index (χ4n) is 2.37. The summed E-state index contributed by atoms with van der Waals surface area (Å²) in [5, 5.41) is 0. The first kappa shape index (κ1) is 11.3. The molecule has 0 radical (unpaired) electrons. The molecule has 3 rings (SSSR count). The minimum atomic E-state index is 0.389. The van der Waals surface area contributed by atoms with Gasteiger partial charge in [0.25, 0.3) is 0 Å². The van der Waals surface area contributed by atoms with Gasteiger partial charge in [0.2, 0.25) is 11.8 Å². The third-order valence-corrected chi connectivity index (χ3v) is 3.92. The van der Waals surface area contributed by atoms with Crippen molar-refractivity contribution in [3.8, 4) is 5.88 Å². The second-order valence-corrected chi connectivity index (χ2v) is 4.96. The molecule has 0 atom stereocenters. The molecule has 1 aliphatic carbocycles. The zero-order chi connectivity index (χ0) is 12.8. The van der Waals surface area contributed by atoms with Gasteiger partial charge < -0.3 is 10.5 Å². The number of ether oxygens (including phenoxy) is 1. The number of fused-ring (bicyclic) bond motifs is 1. The first-order valence-corrected chi connectivity index (χ1v) is 6.20. The fourth-order valence-corrected chi connectivity index (χ4v) is 2.37. The highest BCUT2D eigenvalue weighted by Crippen LogP contribution is 2.50. The SMILES string of the molecule is CCC1(Cn2c(N)nc3c(OC)ncnc32)CC1. The summed E-state index contributed by atoms with van der Waals surface area (Å²) >= 11 is 0. The van der Waals surface area contributed by atoms with Gasteiger partial charge in [-0.15, -0.1) is 0 Å². The molecule has 18 heavy (non-hydrogen) atoms. The van der Waals surface area contributed by atoms with Gasteiger partial charge >= 0.3 is 0 Å². The van der Waals surface area contributed by atoms with Crippen LogP contribution in [0, 0.1) is 5.41 Å². The molecule has 0 aliphatic heterocycles. The molecule has 96 valence electrons. The van der Waals surface area contributed by atoms with Crippen LogP contribution in [0.3, 0.4) is 0 Å². The molecular formula is C12H17N5O. The number of nitrogens with zero attached hydrogens (tertiary/aromatic N) is 4. The van der Waals surface area contributed by atoms with E-state index < -0.39 is 0 Å². The summed E-state index contributed by atoms with van der Waals surface area (Å²) in [6, 6.07) is 0. The lowest BCUT2D eigenvalue weighted by Gasteiger charge is -2.14. The van der Waals surface area contributed by atoms with Crippen LogP contribution in [-0.4, -0.2) is 26.6 Å². The summed E-state index contributed by atoms with van der Waals surface area (Å²) in [7, 11) is 1.57. The number of nitrogen functional groups attached to an aromatic ring is 1. The van der Waals surface area contributed by atoms with E-state index in [-0.39, 0.29) is 0 Å². The Morgan fingerprint density at radius 3 is 2.83 bits per heavy atom. The Kier molecular flexibility index (Phi) is 2.39. The molecule has 1 fully saturated rings. The minimum absolute atomic E-state index is 0.389. The molecular weight excluding hydrogens is 230 g/mol. The van der Waals surface area contributed by atoms with E-state index >= 15 is 0 Å². The Balaban J connectivity index is 2.09. The molecule has 1 saturated carbocycles. The summed E-state index contributed by atoms with van der Waals surface area (Å²) in [6.45, 7) is 3.10. The maximum Gasteiger partial charge on any atom is 0.245 e. The van der Waals surface area contributed by atoms with E-state index in [2.05, 4.69) is 21.9 Å². The minimum Gasteiger partial charge on any atom is -0.479 e. The monoisotopic (exact) mass is 247 g/mol. The second-order valence-electron chi connectivity index (χ2n) is 4.96. The predicted molar refractivity (Wildman–Crippen MR) is 68.2 cm³/mol. The Morgan fingerprint density at radius 1 is 1.44 bits per heavy atom. The second kappa shape index (κ2) is 3.83. The van der Waals surface area contributed by atoms with E-state index in [0.717, 1.165) is 18.6 Å². The third kappa shape index (κ3) is 1.60. The van der Waals surface area contributed by atoms with E-state index in [4.69, 9.17) is 10.5 Å². The van der Waals surface area contributed by atoms with Crippen LogP contribution in [0.1, 0.15) is 26.2 Å². The van der Waals surface area contributed by atoms with Crippen molar-refractivity contribution >= 4 is 17.1 Å². The first-order valence-electron chi connectivity index (χ1n) is 6.20. The largest absolute Gasteiger partial charge is 0.479 e. The van der Waals surface area contributed by atoms with Crippen LogP contribution < -0.4 is 10.5 Å². The van der Waals surface area contributed by atoms with Gasteiger partial charge in [0, 0.05) is 6.54 Å². The van der Waals surface area contributed by atoms with Crippen molar-refractivity contribution in [2.24, 2.45) is 5.41 Å². The summed E-state index contributed by atoms with van der Waals surface area (Å²) in [6.07, 6.45) is 5.16. The van der Waals surface area contributed by atoms with Crippen molar-refractivity contribution in [2.45, 2.75) is 32.7 Å². The number of nitrogens with two attached hydrogens (primary N) is 1. The molecule has 0 bridgehead atoms. The Hall–Kier alpha value is -1.85. The zero-order valence-electron chi connectivity index (χ0n) is 10.7. The predicted octanol–water partition coefficient (Wildman–Crippen LogP) is 1.61. The maximum atomic E-state index is 6.00. The highest BCUT2D eigenvalue weighted by molar-refractivity contribution is 5.78. The van der Waals surface area contributed by atoms with E-state index in [1.807, 2.05) is 4.57 Å². The molecule has 2 aromatic rings. The van der Waals surface area contributed by atoms with Gasteiger partial charge in [-0.1, -0.05) is 6.92 Å². The molecule has 0 aromatic carbocycles. The van der Waals surface area contributed by atoms with Crippen molar-refractivity contribution in [2.75, 3.05) is 12.8 Å². The van der Waals surface area contributed by atoms with Crippen LogP contribution in [0.2, 0.25) is 0 Å². The fraction of sp³-hybridized carbons (Fsp3) is 0.583. The summed E-state index contributed by atoms with van der Waals surface area (Å²) in [5.41, 5.74) is 7.79. The van der Waals surface area contributed by atoms with Crippen molar-refractivity contribution in [3.05, 3.63) is 6.33 Å². The molecule has 6 heteroatoms. The van der Waals surface area contributed by atoms with Crippen LogP contribution in [-0.2, 0) is 6.54 Å². The molecule has 0 unspecified atom stereocenters. The molecule has 0 spiro atoms. The summed E-state index contributed by atoms with van der Waals surface area (Å²) in [4.78, 5) is 12.7. The average Bonchev–Trinajstić information content (AvgIpc) is 3.10. The van der Waals surface area contributed by atoms with Gasteiger partial charge in [-0.3, -0.25) is 4.57 Å². The number of methoxy groups -OCH3 is 1. The van der Waals surface area contributed by atoms with E-state index in [0.29, 0.717) is 22.8 Å². The molecule has 2 heterocycles. The lowest BCUT2D eigenvalue weighted by atomic mass is 10.0. The normalized spacial score (nSPS) is 17.0. The number of rotatable bonds is 4. The molecule has 6 nitrogen and oxygen atoms in total. The van der Waals surface area contributed by atoms with Crippen LogP contribution in [0.25, 0.3) is 11.2 Å². The molecule has 2 aromatic heterocycles. The van der Waals surface area contributed by atoms with Crippen molar-refractivity contribution < 1.29 is 4.74 Å². The van der Waals surface area contributed by atoms with Crippen LogP contribution in [0.4, 0.5) is 5.95 Å². The van der Waals surface area contributed by atoms with Gasteiger partial charge in [0.05, 0.1) is 7.11 Å².